The zero-order valence-corrected chi connectivity index (χ0v) is 21.0. The summed E-state index contributed by atoms with van der Waals surface area (Å²) in [6, 6.07) is 23.3. The zero-order valence-electron chi connectivity index (χ0n) is 19.2. The summed E-state index contributed by atoms with van der Waals surface area (Å²) in [6.07, 6.45) is 19.8. The van der Waals surface area contributed by atoms with E-state index in [1.165, 1.54) is 57.8 Å². The van der Waals surface area contributed by atoms with E-state index in [-0.39, 0.29) is 15.8 Å². The van der Waals surface area contributed by atoms with E-state index in [4.69, 9.17) is 0 Å². The first-order valence-corrected chi connectivity index (χ1v) is 16.0. The van der Waals surface area contributed by atoms with Crippen LogP contribution in [0.4, 0.5) is 0 Å². The molecule has 3 aliphatic carbocycles. The molecule has 2 aromatic rings. The summed E-state index contributed by atoms with van der Waals surface area (Å²) in [5.41, 5.74) is 4.10. The van der Waals surface area contributed by atoms with Gasteiger partial charge in [-0.1, -0.05) is 114 Å². The Morgan fingerprint density at radius 2 is 0.903 bits per heavy atom. The third-order valence-electron chi connectivity index (χ3n) is 8.22. The van der Waals surface area contributed by atoms with Crippen molar-refractivity contribution < 1.29 is 0 Å². The van der Waals surface area contributed by atoms with Crippen molar-refractivity contribution in [1.82, 2.24) is 0 Å². The molecule has 3 fully saturated rings. The van der Waals surface area contributed by atoms with Gasteiger partial charge in [0.2, 0.25) is 0 Å². The number of benzene rings is 2. The van der Waals surface area contributed by atoms with Crippen LogP contribution < -0.4 is 10.6 Å². The highest BCUT2D eigenvalue weighted by Gasteiger charge is 2.44. The van der Waals surface area contributed by atoms with Crippen molar-refractivity contribution in [3.05, 3.63) is 60.7 Å². The molecule has 2 heteroatoms. The van der Waals surface area contributed by atoms with Crippen molar-refractivity contribution in [2.75, 3.05) is 0 Å². The van der Waals surface area contributed by atoms with Crippen molar-refractivity contribution >= 4 is 26.5 Å². The largest absolute Gasteiger partial charge is 0.0965 e. The zero-order chi connectivity index (χ0) is 20.9. The lowest BCUT2D eigenvalue weighted by Gasteiger charge is -2.45. The third-order valence-corrected chi connectivity index (χ3v) is 15.5. The van der Waals surface area contributed by atoms with Crippen LogP contribution in [0.25, 0.3) is 0 Å². The minimum absolute atomic E-state index is 0.166. The molecule has 0 radical (unpaired) electrons. The summed E-state index contributed by atoms with van der Waals surface area (Å²) in [7, 11) is -0.0840. The highest BCUT2D eigenvalue weighted by atomic mass is 31.1. The van der Waals surface area contributed by atoms with Gasteiger partial charge in [-0.25, -0.2) is 0 Å². The van der Waals surface area contributed by atoms with Crippen LogP contribution in [0, 0.1) is 0 Å². The van der Waals surface area contributed by atoms with Crippen molar-refractivity contribution in [2.24, 2.45) is 0 Å². The number of hydrogen-bond acceptors (Lipinski definition) is 0. The molecule has 0 nitrogen and oxygen atoms in total. The van der Waals surface area contributed by atoms with Gasteiger partial charge in [-0.2, -0.15) is 0 Å². The number of hydrogen-bond donors (Lipinski definition) is 0. The molecule has 0 bridgehead atoms. The Bertz CT molecular complexity index is 719. The van der Waals surface area contributed by atoms with Crippen molar-refractivity contribution in [1.29, 1.82) is 0 Å². The molecule has 0 N–H and O–H groups in total. The lowest BCUT2D eigenvalue weighted by molar-refractivity contribution is 0.480. The fourth-order valence-electron chi connectivity index (χ4n) is 6.88. The summed E-state index contributed by atoms with van der Waals surface area (Å²) in [4.78, 5) is 0. The van der Waals surface area contributed by atoms with E-state index >= 15 is 0 Å². The van der Waals surface area contributed by atoms with Crippen LogP contribution in [0.15, 0.2) is 60.7 Å². The van der Waals surface area contributed by atoms with E-state index in [9.17, 15) is 0 Å². The van der Waals surface area contributed by atoms with E-state index < -0.39 is 0 Å². The van der Waals surface area contributed by atoms with Gasteiger partial charge in [0.1, 0.15) is 0 Å². The Labute approximate surface area is 193 Å². The molecule has 5 rings (SSSR count). The predicted octanol–water partition coefficient (Wildman–Crippen LogP) is 8.19. The quantitative estimate of drug-likeness (QED) is 0.389. The van der Waals surface area contributed by atoms with Crippen LogP contribution in [0.5, 0.6) is 0 Å². The minimum atomic E-state index is -0.250. The smallest absolute Gasteiger partial charge is 0.00609 e. The molecule has 0 amide bonds. The molecule has 31 heavy (non-hydrogen) atoms. The molecule has 0 heterocycles. The maximum Gasteiger partial charge on any atom is -0.00609 e. The van der Waals surface area contributed by atoms with Crippen molar-refractivity contribution in [3.8, 4) is 0 Å². The van der Waals surface area contributed by atoms with Crippen LogP contribution in [0.1, 0.15) is 83.5 Å². The average molecular weight is 451 g/mol. The second-order valence-electron chi connectivity index (χ2n) is 10.1. The van der Waals surface area contributed by atoms with Gasteiger partial charge in [-0.05, 0) is 79.7 Å². The van der Waals surface area contributed by atoms with E-state index in [1.807, 2.05) is 0 Å². The Hall–Kier alpha value is -0.700. The molecule has 3 saturated carbocycles. The summed E-state index contributed by atoms with van der Waals surface area (Å²) in [5.74, 6) is 0. The van der Waals surface area contributed by atoms with E-state index in [1.54, 1.807) is 36.3 Å². The van der Waals surface area contributed by atoms with E-state index in [0.29, 0.717) is 0 Å². The predicted molar refractivity (Wildman–Crippen MR) is 141 cm³/mol. The third kappa shape index (κ3) is 5.12. The van der Waals surface area contributed by atoms with Gasteiger partial charge in [0.25, 0.3) is 0 Å². The first-order chi connectivity index (χ1) is 15.4. The molecule has 0 aromatic heterocycles. The summed E-state index contributed by atoms with van der Waals surface area (Å²) in [6.45, 7) is 0. The van der Waals surface area contributed by atoms with Crippen LogP contribution >= 0.6 is 15.8 Å². The van der Waals surface area contributed by atoms with Crippen LogP contribution in [-0.2, 0) is 0 Å². The standard InChI is InChI=1S/C29H40P2/c1-5-14-24(15-6-1)30(25-16-7-2-8-17-25)28-22-13-23-29(28)31(26-18-9-3-10-19-26)27-20-11-4-12-21-27/h1-2,5-8,14-17,26-29H,3-4,9-13,18-23H2. The normalized spacial score (nSPS) is 26.0. The molecule has 2 atom stereocenters. The molecule has 0 spiro atoms. The van der Waals surface area contributed by atoms with E-state index in [2.05, 4.69) is 60.7 Å². The molecular weight excluding hydrogens is 410 g/mol. The van der Waals surface area contributed by atoms with Crippen LogP contribution in [0.3, 0.4) is 0 Å². The Morgan fingerprint density at radius 3 is 1.39 bits per heavy atom. The van der Waals surface area contributed by atoms with Gasteiger partial charge in [-0.3, -0.25) is 0 Å². The molecule has 0 aliphatic heterocycles. The Balaban J connectivity index is 1.50. The second-order valence-corrected chi connectivity index (χ2v) is 15.6. The van der Waals surface area contributed by atoms with Gasteiger partial charge in [-0.15, -0.1) is 0 Å². The SMILES string of the molecule is c1ccc(P(c2ccccc2)C2CCCC2P(C2CCCCC2)C2CCCCC2)cc1. The molecule has 2 unspecified atom stereocenters. The topological polar surface area (TPSA) is 0 Å². The van der Waals surface area contributed by atoms with Gasteiger partial charge >= 0.3 is 0 Å². The summed E-state index contributed by atoms with van der Waals surface area (Å²) in [5, 5.41) is 3.26. The molecule has 166 valence electrons. The maximum atomic E-state index is 2.44. The fourth-order valence-corrected chi connectivity index (χ4v) is 15.4. The molecule has 3 aliphatic rings. The maximum absolute atomic E-state index is 2.44. The van der Waals surface area contributed by atoms with Gasteiger partial charge < -0.3 is 0 Å². The highest BCUT2D eigenvalue weighted by molar-refractivity contribution is 7.74. The molecular formula is C29H40P2. The number of rotatable bonds is 6. The second kappa shape index (κ2) is 10.9. The minimum Gasteiger partial charge on any atom is -0.0965 e. The van der Waals surface area contributed by atoms with Crippen molar-refractivity contribution in [2.45, 2.75) is 106 Å². The van der Waals surface area contributed by atoms with Gasteiger partial charge in [0.15, 0.2) is 0 Å². The van der Waals surface area contributed by atoms with Crippen LogP contribution in [0.2, 0.25) is 0 Å². The Kier molecular flexibility index (Phi) is 7.81. The Morgan fingerprint density at radius 1 is 0.452 bits per heavy atom. The molecule has 2 aromatic carbocycles. The fraction of sp³-hybridized carbons (Fsp3) is 0.586. The van der Waals surface area contributed by atoms with E-state index in [0.717, 1.165) is 22.6 Å². The summed E-state index contributed by atoms with van der Waals surface area (Å²) >= 11 is 0. The van der Waals surface area contributed by atoms with Gasteiger partial charge in [0, 0.05) is 0 Å². The first-order valence-electron chi connectivity index (χ1n) is 13.1. The first kappa shape index (κ1) is 22.1. The lowest BCUT2D eigenvalue weighted by atomic mass is 9.99. The highest BCUT2D eigenvalue weighted by Crippen LogP contribution is 2.66. The van der Waals surface area contributed by atoms with Gasteiger partial charge in [0.05, 0.1) is 0 Å². The summed E-state index contributed by atoms with van der Waals surface area (Å²) < 4.78 is 0. The van der Waals surface area contributed by atoms with Crippen molar-refractivity contribution in [3.63, 3.8) is 0 Å². The average Bonchev–Trinajstić information content (AvgIpc) is 3.31. The molecule has 0 saturated heterocycles. The van der Waals surface area contributed by atoms with Crippen LogP contribution in [-0.4, -0.2) is 22.6 Å². The monoisotopic (exact) mass is 450 g/mol. The lowest BCUT2D eigenvalue weighted by Crippen LogP contribution is -2.33.